The van der Waals surface area contributed by atoms with E-state index >= 15 is 0 Å². The van der Waals surface area contributed by atoms with Gasteiger partial charge in [-0.3, -0.25) is 10.1 Å². The summed E-state index contributed by atoms with van der Waals surface area (Å²) < 4.78 is 0. The number of hydrogen-bond acceptors (Lipinski definition) is 3. The molecule has 1 aliphatic carbocycles. The minimum Gasteiger partial charge on any atom is -0.258 e. The lowest BCUT2D eigenvalue weighted by atomic mass is 9.88. The molecule has 0 saturated heterocycles. The predicted octanol–water partition coefficient (Wildman–Crippen LogP) is 3.91. The number of non-ortho nitro benzene ring substituents is 1. The molecule has 102 valence electrons. The molecule has 2 aromatic carbocycles. The molecule has 3 aromatic rings. The summed E-state index contributed by atoms with van der Waals surface area (Å²) >= 11 is 0. The molecule has 4 heteroatoms. The highest BCUT2D eigenvalue weighted by atomic mass is 16.6. The highest BCUT2D eigenvalue weighted by Gasteiger charge is 2.20. The van der Waals surface area contributed by atoms with E-state index in [9.17, 15) is 10.1 Å². The number of hydrogen-bond donors (Lipinski definition) is 0. The van der Waals surface area contributed by atoms with Gasteiger partial charge in [0.15, 0.2) is 0 Å². The van der Waals surface area contributed by atoms with E-state index < -0.39 is 0 Å². The Labute approximate surface area is 121 Å². The summed E-state index contributed by atoms with van der Waals surface area (Å²) in [5.74, 6) is 0. The Balaban J connectivity index is 2.04. The van der Waals surface area contributed by atoms with Gasteiger partial charge in [0.05, 0.1) is 21.5 Å². The van der Waals surface area contributed by atoms with E-state index in [0.29, 0.717) is 10.9 Å². The second kappa shape index (κ2) is 4.38. The van der Waals surface area contributed by atoms with Crippen LogP contribution in [0.3, 0.4) is 0 Å². The van der Waals surface area contributed by atoms with Gasteiger partial charge in [0.25, 0.3) is 5.69 Å². The van der Waals surface area contributed by atoms with Crippen molar-refractivity contribution in [2.75, 3.05) is 0 Å². The second-order valence-electron chi connectivity index (χ2n) is 5.25. The number of fused-ring (bicyclic) bond motifs is 4. The number of nitro groups is 1. The van der Waals surface area contributed by atoms with Gasteiger partial charge in [-0.1, -0.05) is 30.3 Å². The van der Waals surface area contributed by atoms with Gasteiger partial charge in [0.2, 0.25) is 0 Å². The lowest BCUT2D eigenvalue weighted by Gasteiger charge is -2.19. The van der Waals surface area contributed by atoms with Crippen LogP contribution in [0.25, 0.3) is 22.2 Å². The largest absolute Gasteiger partial charge is 0.278 e. The maximum Gasteiger partial charge on any atom is 0.278 e. The summed E-state index contributed by atoms with van der Waals surface area (Å²) in [4.78, 5) is 15.5. The minimum atomic E-state index is -0.340. The molecule has 1 heterocycles. The van der Waals surface area contributed by atoms with Crippen molar-refractivity contribution in [1.29, 1.82) is 0 Å². The predicted molar refractivity (Wildman–Crippen MR) is 81.2 cm³/mol. The Morgan fingerprint density at radius 1 is 1.00 bits per heavy atom. The molecular formula is C17H12N2O2. The van der Waals surface area contributed by atoms with Crippen LogP contribution in [0.1, 0.15) is 11.1 Å². The molecule has 1 aliphatic rings. The maximum absolute atomic E-state index is 11.2. The van der Waals surface area contributed by atoms with Crippen LogP contribution in [0.2, 0.25) is 0 Å². The summed E-state index contributed by atoms with van der Waals surface area (Å²) in [6.07, 6.45) is 1.83. The third kappa shape index (κ3) is 1.80. The van der Waals surface area contributed by atoms with Crippen LogP contribution < -0.4 is 0 Å². The van der Waals surface area contributed by atoms with E-state index in [1.54, 1.807) is 6.07 Å². The van der Waals surface area contributed by atoms with Crippen molar-refractivity contribution < 1.29 is 4.92 Å². The van der Waals surface area contributed by atoms with E-state index in [0.717, 1.165) is 29.7 Å². The molecule has 0 unspecified atom stereocenters. The molecule has 0 aliphatic heterocycles. The lowest BCUT2D eigenvalue weighted by Crippen LogP contribution is -2.06. The van der Waals surface area contributed by atoms with Crippen molar-refractivity contribution in [3.63, 3.8) is 0 Å². The summed E-state index contributed by atoms with van der Waals surface area (Å²) in [7, 11) is 0. The minimum absolute atomic E-state index is 0.127. The summed E-state index contributed by atoms with van der Waals surface area (Å²) in [6, 6.07) is 15.2. The standard InChI is InChI=1S/C17H12N2O2/c20-19(21)16-7-3-6-15-14(16)10-12-9-8-11-4-1-2-5-13(11)17(12)18-15/h1-7,10H,8-9H2. The van der Waals surface area contributed by atoms with Crippen molar-refractivity contribution in [3.8, 4) is 11.3 Å². The first-order valence-electron chi connectivity index (χ1n) is 6.89. The fraction of sp³-hybridized carbons (Fsp3) is 0.118. The van der Waals surface area contributed by atoms with Crippen molar-refractivity contribution in [1.82, 2.24) is 4.98 Å². The third-order valence-electron chi connectivity index (χ3n) is 4.05. The first-order valence-corrected chi connectivity index (χ1v) is 6.89. The third-order valence-corrected chi connectivity index (χ3v) is 4.05. The number of rotatable bonds is 1. The van der Waals surface area contributed by atoms with Crippen LogP contribution in [0.5, 0.6) is 0 Å². The van der Waals surface area contributed by atoms with E-state index in [1.807, 2.05) is 24.3 Å². The van der Waals surface area contributed by atoms with E-state index in [-0.39, 0.29) is 10.6 Å². The van der Waals surface area contributed by atoms with Gasteiger partial charge in [-0.15, -0.1) is 0 Å². The zero-order valence-corrected chi connectivity index (χ0v) is 11.2. The zero-order chi connectivity index (χ0) is 14.4. The Morgan fingerprint density at radius 3 is 2.67 bits per heavy atom. The number of aromatic nitrogens is 1. The summed E-state index contributed by atoms with van der Waals surface area (Å²) in [5.41, 5.74) is 5.30. The summed E-state index contributed by atoms with van der Waals surface area (Å²) in [6.45, 7) is 0. The molecule has 0 amide bonds. The van der Waals surface area contributed by atoms with Crippen LogP contribution in [-0.4, -0.2) is 9.91 Å². The molecule has 4 nitrogen and oxygen atoms in total. The molecule has 0 spiro atoms. The second-order valence-corrected chi connectivity index (χ2v) is 5.25. The van der Waals surface area contributed by atoms with Gasteiger partial charge in [0.1, 0.15) is 0 Å². The SMILES string of the molecule is O=[N+]([O-])c1cccc2nc3c(cc12)CCc1ccccc1-3. The normalized spacial score (nSPS) is 12.8. The van der Waals surface area contributed by atoms with Gasteiger partial charge < -0.3 is 0 Å². The lowest BCUT2D eigenvalue weighted by molar-refractivity contribution is -0.383. The molecule has 0 N–H and O–H groups in total. The highest BCUT2D eigenvalue weighted by molar-refractivity contribution is 5.91. The molecule has 0 bridgehead atoms. The number of nitrogens with zero attached hydrogens (tertiary/aromatic N) is 2. The maximum atomic E-state index is 11.2. The topological polar surface area (TPSA) is 56.0 Å². The average Bonchev–Trinajstić information content (AvgIpc) is 2.52. The fourth-order valence-corrected chi connectivity index (χ4v) is 3.04. The molecule has 0 saturated carbocycles. The van der Waals surface area contributed by atoms with Crippen LogP contribution in [0, 0.1) is 10.1 Å². The molecule has 0 atom stereocenters. The van der Waals surface area contributed by atoms with E-state index in [4.69, 9.17) is 4.98 Å². The monoisotopic (exact) mass is 276 g/mol. The van der Waals surface area contributed by atoms with Gasteiger partial charge >= 0.3 is 0 Å². The Hall–Kier alpha value is -2.75. The van der Waals surface area contributed by atoms with Crippen LogP contribution in [0.4, 0.5) is 5.69 Å². The van der Waals surface area contributed by atoms with E-state index in [1.165, 1.54) is 11.6 Å². The van der Waals surface area contributed by atoms with Crippen molar-refractivity contribution >= 4 is 16.6 Å². The first kappa shape index (κ1) is 12.0. The van der Waals surface area contributed by atoms with Gasteiger partial charge in [-0.05, 0) is 36.1 Å². The summed E-state index contributed by atoms with van der Waals surface area (Å²) in [5, 5.41) is 11.8. The van der Waals surface area contributed by atoms with Crippen LogP contribution >= 0.6 is 0 Å². The van der Waals surface area contributed by atoms with Gasteiger partial charge in [-0.2, -0.15) is 0 Å². The van der Waals surface area contributed by atoms with Crippen molar-refractivity contribution in [2.24, 2.45) is 0 Å². The highest BCUT2D eigenvalue weighted by Crippen LogP contribution is 2.35. The molecule has 0 fully saturated rings. The number of pyridine rings is 1. The average molecular weight is 276 g/mol. The Bertz CT molecular complexity index is 887. The van der Waals surface area contributed by atoms with Crippen molar-refractivity contribution in [3.05, 3.63) is 69.8 Å². The molecule has 21 heavy (non-hydrogen) atoms. The number of nitro benzene ring substituents is 1. The zero-order valence-electron chi connectivity index (χ0n) is 11.2. The Morgan fingerprint density at radius 2 is 1.81 bits per heavy atom. The molecule has 0 radical (unpaired) electrons. The molecular weight excluding hydrogens is 264 g/mol. The van der Waals surface area contributed by atoms with Crippen LogP contribution in [0.15, 0.2) is 48.5 Å². The van der Waals surface area contributed by atoms with E-state index in [2.05, 4.69) is 12.1 Å². The molecule has 1 aromatic heterocycles. The van der Waals surface area contributed by atoms with Gasteiger partial charge in [-0.25, -0.2) is 4.98 Å². The fourth-order valence-electron chi connectivity index (χ4n) is 3.04. The van der Waals surface area contributed by atoms with Crippen molar-refractivity contribution in [2.45, 2.75) is 12.8 Å². The van der Waals surface area contributed by atoms with Gasteiger partial charge in [0, 0.05) is 11.6 Å². The first-order chi connectivity index (χ1) is 10.2. The van der Waals surface area contributed by atoms with Crippen LogP contribution in [-0.2, 0) is 12.8 Å². The molecule has 4 rings (SSSR count). The quantitative estimate of drug-likeness (QED) is 0.500. The Kier molecular flexibility index (Phi) is 2.51. The number of aryl methyl sites for hydroxylation is 2. The number of benzene rings is 2. The smallest absolute Gasteiger partial charge is 0.258 e.